The zero-order valence-electron chi connectivity index (χ0n) is 24.6. The fourth-order valence-electron chi connectivity index (χ4n) is 7.21. The lowest BCUT2D eigenvalue weighted by Crippen LogP contribution is -1.97. The molecule has 0 spiro atoms. The lowest BCUT2D eigenvalue weighted by Gasteiger charge is -2.21. The van der Waals surface area contributed by atoms with Crippen molar-refractivity contribution in [2.75, 3.05) is 0 Å². The van der Waals surface area contributed by atoms with Gasteiger partial charge in [-0.1, -0.05) is 128 Å². The minimum absolute atomic E-state index is 0.818. The van der Waals surface area contributed by atoms with Crippen LogP contribution in [-0.4, -0.2) is 0 Å². The molecule has 0 saturated heterocycles. The number of rotatable bonds is 2. The van der Waals surface area contributed by atoms with Crippen molar-refractivity contribution in [3.05, 3.63) is 176 Å². The molecule has 0 unspecified atom stereocenters. The summed E-state index contributed by atoms with van der Waals surface area (Å²) in [4.78, 5) is 0. The van der Waals surface area contributed by atoms with Crippen LogP contribution in [0.4, 0.5) is 0 Å². The van der Waals surface area contributed by atoms with Crippen molar-refractivity contribution in [1.29, 1.82) is 0 Å². The van der Waals surface area contributed by atoms with Crippen LogP contribution < -0.4 is 4.74 Å². The summed E-state index contributed by atoms with van der Waals surface area (Å²) < 4.78 is 6.28. The molecule has 45 heavy (non-hydrogen) atoms. The molecule has 0 fully saturated rings. The molecule has 0 atom stereocenters. The van der Waals surface area contributed by atoms with E-state index in [1.807, 2.05) is 6.26 Å². The number of hydrogen-bond donors (Lipinski definition) is 0. The van der Waals surface area contributed by atoms with Crippen LogP contribution in [0.5, 0.6) is 5.75 Å². The average Bonchev–Trinajstić information content (AvgIpc) is 3.09. The molecule has 210 valence electrons. The van der Waals surface area contributed by atoms with Gasteiger partial charge < -0.3 is 4.74 Å². The number of ether oxygens (including phenoxy) is 1. The van der Waals surface area contributed by atoms with Gasteiger partial charge >= 0.3 is 0 Å². The minimum atomic E-state index is 0.818. The van der Waals surface area contributed by atoms with Crippen LogP contribution in [0, 0.1) is 0 Å². The van der Waals surface area contributed by atoms with Crippen molar-refractivity contribution < 1.29 is 4.74 Å². The topological polar surface area (TPSA) is 9.23 Å². The van der Waals surface area contributed by atoms with Crippen LogP contribution in [0.2, 0.25) is 0 Å². The summed E-state index contributed by atoms with van der Waals surface area (Å²) in [6.07, 6.45) is 6.12. The van der Waals surface area contributed by atoms with Gasteiger partial charge in [0.15, 0.2) is 0 Å². The van der Waals surface area contributed by atoms with E-state index in [0.717, 1.165) is 27.8 Å². The Morgan fingerprint density at radius 1 is 0.422 bits per heavy atom. The van der Waals surface area contributed by atoms with E-state index in [0.29, 0.717) is 0 Å². The normalized spacial score (nSPS) is 15.0. The van der Waals surface area contributed by atoms with E-state index in [2.05, 4.69) is 158 Å². The van der Waals surface area contributed by atoms with Crippen LogP contribution in [0.15, 0.2) is 165 Å². The van der Waals surface area contributed by atoms with Gasteiger partial charge in [0.25, 0.3) is 0 Å². The van der Waals surface area contributed by atoms with E-state index in [9.17, 15) is 0 Å². The van der Waals surface area contributed by atoms with Crippen molar-refractivity contribution in [2.24, 2.45) is 0 Å². The maximum absolute atomic E-state index is 6.28. The molecule has 8 aromatic carbocycles. The fraction of sp³-hybridized carbons (Fsp3) is 0. The highest BCUT2D eigenvalue weighted by atomic mass is 16.5. The summed E-state index contributed by atoms with van der Waals surface area (Å²) in [6, 6.07) is 50.2. The van der Waals surface area contributed by atoms with E-state index in [1.165, 1.54) is 65.2 Å². The van der Waals surface area contributed by atoms with Crippen LogP contribution in [0.1, 0.15) is 11.1 Å². The van der Waals surface area contributed by atoms with Crippen molar-refractivity contribution in [3.8, 4) is 16.9 Å². The zero-order chi connectivity index (χ0) is 29.9. The highest BCUT2D eigenvalue weighted by Gasteiger charge is 2.20. The number of allylic oxidation sites excluding steroid dienone is 4. The van der Waals surface area contributed by atoms with Gasteiger partial charge in [0.2, 0.25) is 0 Å². The molecule has 1 heterocycles. The number of benzene rings is 8. The molecule has 0 aromatic heterocycles. The van der Waals surface area contributed by atoms with Crippen molar-refractivity contribution in [2.45, 2.75) is 0 Å². The third kappa shape index (κ3) is 4.02. The van der Waals surface area contributed by atoms with Crippen molar-refractivity contribution in [1.82, 2.24) is 0 Å². The van der Waals surface area contributed by atoms with Gasteiger partial charge in [0.05, 0.1) is 6.26 Å². The van der Waals surface area contributed by atoms with E-state index in [-0.39, 0.29) is 0 Å². The van der Waals surface area contributed by atoms with Gasteiger partial charge in [-0.2, -0.15) is 0 Å². The third-order valence-corrected chi connectivity index (χ3v) is 9.22. The molecule has 0 saturated carbocycles. The Bertz CT molecular complexity index is 2520. The highest BCUT2D eigenvalue weighted by Crippen LogP contribution is 2.46. The first-order chi connectivity index (χ1) is 22.2. The van der Waals surface area contributed by atoms with Crippen LogP contribution in [0.3, 0.4) is 0 Å². The van der Waals surface area contributed by atoms with Gasteiger partial charge in [-0.15, -0.1) is 0 Å². The Morgan fingerprint density at radius 2 is 0.911 bits per heavy atom. The Balaban J connectivity index is 1.34. The standard InChI is InChI=1S/C44H28O/c1-28-24-32(22-23-45-42-27-30-13-3-2-12-29(30)25-40(28)42)43-36-18-8-10-20-38(36)44(39-21-11-9-19-37(39)43)41-26-31-14-4-5-15-33(31)34-16-6-7-17-35(34)41/h2-27H,1H2/b23-22-,32-24+. The van der Waals surface area contributed by atoms with E-state index in [1.54, 1.807) is 0 Å². The second kappa shape index (κ2) is 10.1. The van der Waals surface area contributed by atoms with Gasteiger partial charge in [-0.25, -0.2) is 0 Å². The fourth-order valence-corrected chi connectivity index (χ4v) is 7.21. The SMILES string of the molecule is C=C1/C=C(c2c3ccccc3c(-c3cc4ccccc4c4ccccc34)c3ccccc23)\C=C/Oc2cc3ccccc3cc21. The maximum atomic E-state index is 6.28. The van der Waals surface area contributed by atoms with Crippen molar-refractivity contribution >= 4 is 65.0 Å². The first-order valence-corrected chi connectivity index (χ1v) is 15.4. The lowest BCUT2D eigenvalue weighted by atomic mass is 9.83. The third-order valence-electron chi connectivity index (χ3n) is 9.22. The Morgan fingerprint density at radius 3 is 1.58 bits per heavy atom. The van der Waals surface area contributed by atoms with Crippen molar-refractivity contribution in [3.63, 3.8) is 0 Å². The summed E-state index contributed by atoms with van der Waals surface area (Å²) in [7, 11) is 0. The molecule has 0 bridgehead atoms. The van der Waals surface area contributed by atoms with Crippen LogP contribution >= 0.6 is 0 Å². The highest BCUT2D eigenvalue weighted by molar-refractivity contribution is 6.24. The first-order valence-electron chi connectivity index (χ1n) is 15.4. The largest absolute Gasteiger partial charge is 0.464 e. The van der Waals surface area contributed by atoms with Gasteiger partial charge in [0.1, 0.15) is 5.75 Å². The smallest absolute Gasteiger partial charge is 0.134 e. The quantitative estimate of drug-likeness (QED) is 0.148. The molecular formula is C44H28O. The minimum Gasteiger partial charge on any atom is -0.464 e. The second-order valence-electron chi connectivity index (χ2n) is 11.8. The second-order valence-corrected chi connectivity index (χ2v) is 11.8. The molecule has 0 aliphatic carbocycles. The van der Waals surface area contributed by atoms with E-state index in [4.69, 9.17) is 4.74 Å². The van der Waals surface area contributed by atoms with Gasteiger partial charge in [0, 0.05) is 5.56 Å². The maximum Gasteiger partial charge on any atom is 0.134 e. The monoisotopic (exact) mass is 572 g/mol. The van der Waals surface area contributed by atoms with Crippen LogP contribution in [-0.2, 0) is 0 Å². The van der Waals surface area contributed by atoms with Crippen LogP contribution in [0.25, 0.3) is 76.1 Å². The van der Waals surface area contributed by atoms with Gasteiger partial charge in [-0.05, 0) is 112 Å². The number of fused-ring (bicyclic) bond motifs is 7. The molecule has 8 aromatic rings. The van der Waals surface area contributed by atoms with E-state index >= 15 is 0 Å². The average molecular weight is 573 g/mol. The molecule has 0 N–H and O–H groups in total. The molecule has 1 nitrogen and oxygen atoms in total. The molecule has 1 aliphatic heterocycles. The summed E-state index contributed by atoms with van der Waals surface area (Å²) in [5.41, 5.74) is 6.69. The molecule has 0 radical (unpaired) electrons. The predicted octanol–water partition coefficient (Wildman–Crippen LogP) is 12.1. The lowest BCUT2D eigenvalue weighted by molar-refractivity contribution is 0.481. The molecule has 9 rings (SSSR count). The summed E-state index contributed by atoms with van der Waals surface area (Å²) in [5, 5.41) is 12.2. The van der Waals surface area contributed by atoms with E-state index < -0.39 is 0 Å². The number of hydrogen-bond acceptors (Lipinski definition) is 1. The molecule has 1 heteroatoms. The summed E-state index contributed by atoms with van der Waals surface area (Å²) in [5.74, 6) is 0.818. The molecular weight excluding hydrogens is 544 g/mol. The summed E-state index contributed by atoms with van der Waals surface area (Å²) in [6.45, 7) is 4.54. The van der Waals surface area contributed by atoms with Gasteiger partial charge in [-0.3, -0.25) is 0 Å². The Labute approximate surface area is 261 Å². The Hall–Kier alpha value is -5.92. The summed E-state index contributed by atoms with van der Waals surface area (Å²) >= 11 is 0. The molecule has 1 aliphatic rings. The Kier molecular flexibility index (Phi) is 5.73. The first kappa shape index (κ1) is 25.6. The molecule has 0 amide bonds. The predicted molar refractivity (Wildman–Crippen MR) is 193 cm³/mol. The zero-order valence-corrected chi connectivity index (χ0v) is 24.6.